The third kappa shape index (κ3) is 3.94. The first-order valence-electron chi connectivity index (χ1n) is 8.16. The molecule has 2 rings (SSSR count). The Labute approximate surface area is 131 Å². The molecule has 0 radical (unpaired) electrons. The highest BCUT2D eigenvalue weighted by Gasteiger charge is 2.38. The number of amides is 1. The summed E-state index contributed by atoms with van der Waals surface area (Å²) in [6.45, 7) is 5.21. The number of hydrogen-bond acceptors (Lipinski definition) is 4. The topological polar surface area (TPSA) is 82.1 Å². The van der Waals surface area contributed by atoms with Crippen LogP contribution in [0.15, 0.2) is 17.8 Å². The molecule has 6 heteroatoms. The second kappa shape index (κ2) is 7.54. The van der Waals surface area contributed by atoms with Crippen LogP contribution in [0.4, 0.5) is 0 Å². The van der Waals surface area contributed by atoms with Crippen LogP contribution >= 0.6 is 0 Å². The number of piperidine rings is 1. The van der Waals surface area contributed by atoms with Crippen LogP contribution in [0, 0.1) is 0 Å². The maximum atomic E-state index is 12.5. The minimum absolute atomic E-state index is 0.00137. The lowest BCUT2D eigenvalue weighted by Gasteiger charge is -2.37. The molecule has 2 heterocycles. The maximum Gasteiger partial charge on any atom is 0.246 e. The van der Waals surface area contributed by atoms with Crippen molar-refractivity contribution < 1.29 is 9.90 Å². The van der Waals surface area contributed by atoms with Crippen LogP contribution in [0.1, 0.15) is 58.1 Å². The SMILES string of the molecule is CCCC(=CC(=O)N1CCC[C@@](O)(c2cn[nH]n2)C1)CCC. The number of likely N-dealkylation sites (tertiary alicyclic amines) is 1. The second-order valence-corrected chi connectivity index (χ2v) is 6.05. The smallest absolute Gasteiger partial charge is 0.246 e. The molecule has 0 saturated carbocycles. The number of nitrogens with zero attached hydrogens (tertiary/aromatic N) is 3. The van der Waals surface area contributed by atoms with E-state index in [4.69, 9.17) is 0 Å². The lowest BCUT2D eigenvalue weighted by molar-refractivity contribution is -0.133. The average Bonchev–Trinajstić information content (AvgIpc) is 3.03. The third-order valence-electron chi connectivity index (χ3n) is 4.14. The molecular weight excluding hydrogens is 280 g/mol. The highest BCUT2D eigenvalue weighted by Crippen LogP contribution is 2.30. The summed E-state index contributed by atoms with van der Waals surface area (Å²) in [7, 11) is 0. The van der Waals surface area contributed by atoms with Crippen LogP contribution in [0.5, 0.6) is 0 Å². The predicted octanol–water partition coefficient (Wildman–Crippen LogP) is 2.14. The van der Waals surface area contributed by atoms with Gasteiger partial charge >= 0.3 is 0 Å². The number of aliphatic hydroxyl groups is 1. The fraction of sp³-hybridized carbons (Fsp3) is 0.688. The zero-order chi connectivity index (χ0) is 16.0. The standard InChI is InChI=1S/C16H26N4O2/c1-3-6-13(7-4-2)10-15(21)20-9-5-8-16(22,12-20)14-11-17-19-18-14/h10-11,22H,3-9,12H2,1-2H3,(H,17,18,19)/t16-/m0/s1. The number of H-pyrrole nitrogens is 1. The molecule has 1 amide bonds. The number of rotatable bonds is 6. The number of nitrogens with one attached hydrogen (secondary N) is 1. The van der Waals surface area contributed by atoms with E-state index in [0.717, 1.165) is 32.1 Å². The Bertz CT molecular complexity index is 504. The number of carbonyl (C=O) groups is 1. The average molecular weight is 306 g/mol. The van der Waals surface area contributed by atoms with E-state index >= 15 is 0 Å². The van der Waals surface area contributed by atoms with E-state index in [1.165, 1.54) is 11.8 Å². The van der Waals surface area contributed by atoms with Crippen LogP contribution in [-0.2, 0) is 10.4 Å². The summed E-state index contributed by atoms with van der Waals surface area (Å²) >= 11 is 0. The van der Waals surface area contributed by atoms with Gasteiger partial charge in [0.1, 0.15) is 11.3 Å². The number of aromatic amines is 1. The summed E-state index contributed by atoms with van der Waals surface area (Å²) in [5.41, 5.74) is 0.617. The van der Waals surface area contributed by atoms with Crippen molar-refractivity contribution in [2.45, 2.75) is 58.0 Å². The largest absolute Gasteiger partial charge is 0.382 e. The highest BCUT2D eigenvalue weighted by atomic mass is 16.3. The van der Waals surface area contributed by atoms with Gasteiger partial charge in [0.2, 0.25) is 5.91 Å². The Kier molecular flexibility index (Phi) is 5.71. The molecule has 1 atom stereocenters. The van der Waals surface area contributed by atoms with Gasteiger partial charge in [0.05, 0.1) is 12.7 Å². The Morgan fingerprint density at radius 2 is 2.18 bits per heavy atom. The van der Waals surface area contributed by atoms with Crippen molar-refractivity contribution in [2.24, 2.45) is 0 Å². The molecule has 0 aliphatic carbocycles. The maximum absolute atomic E-state index is 12.5. The van der Waals surface area contributed by atoms with E-state index in [1.54, 1.807) is 11.0 Å². The quantitative estimate of drug-likeness (QED) is 0.789. The lowest BCUT2D eigenvalue weighted by Crippen LogP contribution is -2.48. The Balaban J connectivity index is 2.08. The molecule has 1 aliphatic heterocycles. The van der Waals surface area contributed by atoms with E-state index in [-0.39, 0.29) is 12.5 Å². The Morgan fingerprint density at radius 1 is 1.45 bits per heavy atom. The molecule has 2 N–H and O–H groups in total. The van der Waals surface area contributed by atoms with Gasteiger partial charge in [-0.05, 0) is 25.7 Å². The number of aromatic nitrogens is 3. The molecule has 0 unspecified atom stereocenters. The minimum Gasteiger partial charge on any atom is -0.382 e. The van der Waals surface area contributed by atoms with Crippen molar-refractivity contribution in [1.29, 1.82) is 0 Å². The van der Waals surface area contributed by atoms with Crippen molar-refractivity contribution >= 4 is 5.91 Å². The molecule has 0 spiro atoms. The van der Waals surface area contributed by atoms with E-state index in [0.29, 0.717) is 18.7 Å². The highest BCUT2D eigenvalue weighted by molar-refractivity contribution is 5.88. The number of β-amino-alcohol motifs (C(OH)–C–C–N with tert-alkyl or cyclic N) is 1. The van der Waals surface area contributed by atoms with Gasteiger partial charge in [-0.15, -0.1) is 0 Å². The molecule has 1 aromatic rings. The van der Waals surface area contributed by atoms with Crippen molar-refractivity contribution in [3.63, 3.8) is 0 Å². The first-order chi connectivity index (χ1) is 10.6. The first kappa shape index (κ1) is 16.7. The predicted molar refractivity (Wildman–Crippen MR) is 84.0 cm³/mol. The normalized spacial score (nSPS) is 21.7. The van der Waals surface area contributed by atoms with E-state index in [1.807, 2.05) is 0 Å². The second-order valence-electron chi connectivity index (χ2n) is 6.05. The van der Waals surface area contributed by atoms with Crippen molar-refractivity contribution in [3.05, 3.63) is 23.5 Å². The van der Waals surface area contributed by atoms with Crippen LogP contribution < -0.4 is 0 Å². The summed E-state index contributed by atoms with van der Waals surface area (Å²) < 4.78 is 0. The van der Waals surface area contributed by atoms with Crippen LogP contribution in [0.25, 0.3) is 0 Å². The van der Waals surface area contributed by atoms with Gasteiger partial charge in [-0.3, -0.25) is 4.79 Å². The molecule has 22 heavy (non-hydrogen) atoms. The van der Waals surface area contributed by atoms with E-state index in [2.05, 4.69) is 29.3 Å². The van der Waals surface area contributed by atoms with Gasteiger partial charge in [0.25, 0.3) is 0 Å². The molecular formula is C16H26N4O2. The zero-order valence-electron chi connectivity index (χ0n) is 13.5. The van der Waals surface area contributed by atoms with Gasteiger partial charge < -0.3 is 10.0 Å². The van der Waals surface area contributed by atoms with Gasteiger partial charge in [0, 0.05) is 12.6 Å². The van der Waals surface area contributed by atoms with E-state index in [9.17, 15) is 9.90 Å². The molecule has 6 nitrogen and oxygen atoms in total. The molecule has 0 bridgehead atoms. The van der Waals surface area contributed by atoms with Crippen molar-refractivity contribution in [2.75, 3.05) is 13.1 Å². The summed E-state index contributed by atoms with van der Waals surface area (Å²) in [6, 6.07) is 0. The number of hydrogen-bond donors (Lipinski definition) is 2. The molecule has 1 aliphatic rings. The summed E-state index contributed by atoms with van der Waals surface area (Å²) in [5, 5.41) is 21.0. The van der Waals surface area contributed by atoms with Gasteiger partial charge in [-0.25, -0.2) is 0 Å². The fourth-order valence-electron chi connectivity index (χ4n) is 3.04. The Morgan fingerprint density at radius 3 is 2.77 bits per heavy atom. The van der Waals surface area contributed by atoms with Crippen LogP contribution in [-0.4, -0.2) is 44.4 Å². The lowest BCUT2D eigenvalue weighted by atomic mass is 9.90. The van der Waals surface area contributed by atoms with Crippen molar-refractivity contribution in [3.8, 4) is 0 Å². The summed E-state index contributed by atoms with van der Waals surface area (Å²) in [4.78, 5) is 14.2. The van der Waals surface area contributed by atoms with Crippen LogP contribution in [0.3, 0.4) is 0 Å². The van der Waals surface area contributed by atoms with Crippen molar-refractivity contribution in [1.82, 2.24) is 20.3 Å². The number of allylic oxidation sites excluding steroid dienone is 1. The first-order valence-corrected chi connectivity index (χ1v) is 8.16. The fourth-order valence-corrected chi connectivity index (χ4v) is 3.04. The van der Waals surface area contributed by atoms with Crippen LogP contribution in [0.2, 0.25) is 0 Å². The molecule has 122 valence electrons. The Hall–Kier alpha value is -1.69. The molecule has 1 fully saturated rings. The zero-order valence-corrected chi connectivity index (χ0v) is 13.5. The molecule has 1 aromatic heterocycles. The van der Waals surface area contributed by atoms with Gasteiger partial charge in [-0.2, -0.15) is 15.4 Å². The number of carbonyl (C=O) groups excluding carboxylic acids is 1. The third-order valence-corrected chi connectivity index (χ3v) is 4.14. The van der Waals surface area contributed by atoms with Gasteiger partial charge in [0.15, 0.2) is 0 Å². The monoisotopic (exact) mass is 306 g/mol. The van der Waals surface area contributed by atoms with Gasteiger partial charge in [-0.1, -0.05) is 32.3 Å². The molecule has 1 saturated heterocycles. The molecule has 0 aromatic carbocycles. The summed E-state index contributed by atoms with van der Waals surface area (Å²) in [6.07, 6.45) is 8.67. The van der Waals surface area contributed by atoms with E-state index < -0.39 is 5.60 Å². The minimum atomic E-state index is -1.09. The summed E-state index contributed by atoms with van der Waals surface area (Å²) in [5.74, 6) is -0.00137.